The summed E-state index contributed by atoms with van der Waals surface area (Å²) in [7, 11) is 0. The molecule has 3 heterocycles. The van der Waals surface area contributed by atoms with Crippen LogP contribution in [0.2, 0.25) is 0 Å². The molecule has 0 fully saturated rings. The van der Waals surface area contributed by atoms with Crippen molar-refractivity contribution >= 4 is 37.5 Å². The van der Waals surface area contributed by atoms with Crippen molar-refractivity contribution in [2.45, 2.75) is 6.54 Å². The van der Waals surface area contributed by atoms with Crippen LogP contribution in [-0.4, -0.2) is 19.7 Å². The molecular formula is C12H9Br2N5O. The van der Waals surface area contributed by atoms with E-state index in [1.807, 2.05) is 18.2 Å². The van der Waals surface area contributed by atoms with Crippen molar-refractivity contribution in [2.24, 2.45) is 0 Å². The first-order valence-corrected chi connectivity index (χ1v) is 7.30. The molecule has 0 spiro atoms. The van der Waals surface area contributed by atoms with Gasteiger partial charge in [0.2, 0.25) is 0 Å². The predicted octanol–water partition coefficient (Wildman–Crippen LogP) is 3.39. The minimum atomic E-state index is 0.539. The van der Waals surface area contributed by atoms with E-state index in [1.54, 1.807) is 17.2 Å². The van der Waals surface area contributed by atoms with Gasteiger partial charge in [0.05, 0.1) is 16.7 Å². The number of halogens is 2. The van der Waals surface area contributed by atoms with Crippen LogP contribution in [0.25, 0.3) is 5.82 Å². The monoisotopic (exact) mass is 397 g/mol. The highest BCUT2D eigenvalue weighted by Gasteiger charge is 2.09. The van der Waals surface area contributed by atoms with E-state index in [4.69, 9.17) is 4.42 Å². The Kier molecular flexibility index (Phi) is 3.83. The molecule has 3 aromatic heterocycles. The van der Waals surface area contributed by atoms with Crippen LogP contribution < -0.4 is 5.32 Å². The molecule has 0 aromatic carbocycles. The Morgan fingerprint density at radius 3 is 2.95 bits per heavy atom. The van der Waals surface area contributed by atoms with Gasteiger partial charge in [-0.1, -0.05) is 0 Å². The Morgan fingerprint density at radius 2 is 2.25 bits per heavy atom. The van der Waals surface area contributed by atoms with Crippen molar-refractivity contribution in [3.05, 3.63) is 52.0 Å². The molecule has 0 saturated carbocycles. The number of nitrogens with zero attached hydrogens (tertiary/aromatic N) is 4. The van der Waals surface area contributed by atoms with Crippen molar-refractivity contribution in [3.63, 3.8) is 0 Å². The Bertz CT molecular complexity index is 691. The SMILES string of the molecule is Brc1cc(CNc2cccnc2-n2cncn2)oc1Br. The van der Waals surface area contributed by atoms with Crippen molar-refractivity contribution in [3.8, 4) is 5.82 Å². The third-order valence-electron chi connectivity index (χ3n) is 2.57. The van der Waals surface area contributed by atoms with Gasteiger partial charge in [-0.3, -0.25) is 0 Å². The molecule has 0 radical (unpaired) electrons. The van der Waals surface area contributed by atoms with Gasteiger partial charge in [0.15, 0.2) is 10.5 Å². The standard InChI is InChI=1S/C12H9Br2N5O/c13-9-4-8(20-11(9)14)5-17-10-2-1-3-16-12(10)19-7-15-6-18-19/h1-4,6-7,17H,5H2. The van der Waals surface area contributed by atoms with E-state index >= 15 is 0 Å². The maximum Gasteiger partial charge on any atom is 0.183 e. The zero-order chi connectivity index (χ0) is 13.9. The van der Waals surface area contributed by atoms with Crippen LogP contribution in [0.15, 0.2) is 50.6 Å². The molecule has 0 saturated heterocycles. The predicted molar refractivity (Wildman–Crippen MR) is 80.6 cm³/mol. The van der Waals surface area contributed by atoms with E-state index in [0.29, 0.717) is 17.0 Å². The summed E-state index contributed by atoms with van der Waals surface area (Å²) in [6, 6.07) is 5.69. The first-order chi connectivity index (χ1) is 9.74. The number of anilines is 1. The van der Waals surface area contributed by atoms with Gasteiger partial charge >= 0.3 is 0 Å². The van der Waals surface area contributed by atoms with Gasteiger partial charge in [-0.05, 0) is 50.1 Å². The molecule has 0 aliphatic carbocycles. The molecule has 6 nitrogen and oxygen atoms in total. The molecule has 0 unspecified atom stereocenters. The zero-order valence-corrected chi connectivity index (χ0v) is 13.3. The van der Waals surface area contributed by atoms with Gasteiger partial charge in [0.25, 0.3) is 0 Å². The minimum Gasteiger partial charge on any atom is -0.451 e. The molecule has 1 N–H and O–H groups in total. The molecule has 20 heavy (non-hydrogen) atoms. The highest BCUT2D eigenvalue weighted by molar-refractivity contribution is 9.13. The van der Waals surface area contributed by atoms with Crippen molar-refractivity contribution in [1.82, 2.24) is 19.7 Å². The first-order valence-electron chi connectivity index (χ1n) is 5.71. The van der Waals surface area contributed by atoms with E-state index in [9.17, 15) is 0 Å². The summed E-state index contributed by atoms with van der Waals surface area (Å²) in [5.74, 6) is 1.49. The average Bonchev–Trinajstić information content (AvgIpc) is 3.08. The molecule has 102 valence electrons. The fraction of sp³-hybridized carbons (Fsp3) is 0.0833. The number of pyridine rings is 1. The largest absolute Gasteiger partial charge is 0.451 e. The van der Waals surface area contributed by atoms with Gasteiger partial charge in [-0.25, -0.2) is 14.6 Å². The van der Waals surface area contributed by atoms with Crippen LogP contribution >= 0.6 is 31.9 Å². The second-order valence-corrected chi connectivity index (χ2v) is 5.48. The number of hydrogen-bond donors (Lipinski definition) is 1. The summed E-state index contributed by atoms with van der Waals surface area (Å²) in [6.45, 7) is 0.539. The fourth-order valence-corrected chi connectivity index (χ4v) is 2.35. The highest BCUT2D eigenvalue weighted by atomic mass is 79.9. The van der Waals surface area contributed by atoms with Gasteiger partial charge in [0, 0.05) is 6.20 Å². The lowest BCUT2D eigenvalue weighted by molar-refractivity contribution is 0.494. The summed E-state index contributed by atoms with van der Waals surface area (Å²) in [6.07, 6.45) is 4.79. The third kappa shape index (κ3) is 2.75. The van der Waals surface area contributed by atoms with Gasteiger partial charge < -0.3 is 9.73 Å². The van der Waals surface area contributed by atoms with E-state index in [0.717, 1.165) is 15.9 Å². The number of aromatic nitrogens is 4. The third-order valence-corrected chi connectivity index (χ3v) is 4.28. The quantitative estimate of drug-likeness (QED) is 0.729. The second-order valence-electron chi connectivity index (χ2n) is 3.90. The van der Waals surface area contributed by atoms with E-state index < -0.39 is 0 Å². The van der Waals surface area contributed by atoms with Crippen LogP contribution in [0.5, 0.6) is 0 Å². The minimum absolute atomic E-state index is 0.539. The molecule has 3 aromatic rings. The molecule has 0 bridgehead atoms. The van der Waals surface area contributed by atoms with Crippen molar-refractivity contribution < 1.29 is 4.42 Å². The lowest BCUT2D eigenvalue weighted by atomic mass is 10.3. The Hall–Kier alpha value is -1.67. The smallest absolute Gasteiger partial charge is 0.183 e. The van der Waals surface area contributed by atoms with Crippen LogP contribution in [0.4, 0.5) is 5.69 Å². The van der Waals surface area contributed by atoms with Crippen LogP contribution in [0.3, 0.4) is 0 Å². The molecule has 0 amide bonds. The Labute approximate surface area is 131 Å². The summed E-state index contributed by atoms with van der Waals surface area (Å²) >= 11 is 6.70. The van der Waals surface area contributed by atoms with Crippen LogP contribution in [-0.2, 0) is 6.54 Å². The zero-order valence-electron chi connectivity index (χ0n) is 10.1. The maximum atomic E-state index is 5.52. The number of hydrogen-bond acceptors (Lipinski definition) is 5. The Morgan fingerprint density at radius 1 is 1.35 bits per heavy atom. The second kappa shape index (κ2) is 5.76. The molecule has 8 heteroatoms. The summed E-state index contributed by atoms with van der Waals surface area (Å²) in [5, 5.41) is 7.36. The topological polar surface area (TPSA) is 68.8 Å². The Balaban J connectivity index is 1.81. The lowest BCUT2D eigenvalue weighted by Crippen LogP contribution is -2.06. The van der Waals surface area contributed by atoms with Crippen LogP contribution in [0.1, 0.15) is 5.76 Å². The van der Waals surface area contributed by atoms with Gasteiger partial charge in [0.1, 0.15) is 18.4 Å². The molecule has 0 aliphatic rings. The van der Waals surface area contributed by atoms with Crippen LogP contribution in [0, 0.1) is 0 Å². The molecule has 0 aliphatic heterocycles. The van der Waals surface area contributed by atoms with Gasteiger partial charge in [-0.15, -0.1) is 0 Å². The van der Waals surface area contributed by atoms with Gasteiger partial charge in [-0.2, -0.15) is 5.10 Å². The number of rotatable bonds is 4. The molecule has 0 atom stereocenters. The van der Waals surface area contributed by atoms with E-state index in [-0.39, 0.29) is 0 Å². The van der Waals surface area contributed by atoms with Crippen molar-refractivity contribution in [2.75, 3.05) is 5.32 Å². The normalized spacial score (nSPS) is 10.7. The maximum absolute atomic E-state index is 5.52. The molecule has 3 rings (SSSR count). The first kappa shape index (κ1) is 13.3. The average molecular weight is 399 g/mol. The van der Waals surface area contributed by atoms with E-state index in [1.165, 1.54) is 6.33 Å². The fourth-order valence-electron chi connectivity index (χ4n) is 1.70. The number of nitrogens with one attached hydrogen (secondary N) is 1. The summed E-state index contributed by atoms with van der Waals surface area (Å²) in [5.41, 5.74) is 0.849. The molecular weight excluding hydrogens is 390 g/mol. The van der Waals surface area contributed by atoms with E-state index in [2.05, 4.69) is 52.2 Å². The summed E-state index contributed by atoms with van der Waals surface area (Å²) in [4.78, 5) is 8.23. The summed E-state index contributed by atoms with van der Waals surface area (Å²) < 4.78 is 8.69. The lowest BCUT2D eigenvalue weighted by Gasteiger charge is -2.09. The highest BCUT2D eigenvalue weighted by Crippen LogP contribution is 2.27. The number of furan rings is 1. The van der Waals surface area contributed by atoms with Crippen molar-refractivity contribution in [1.29, 1.82) is 0 Å².